The first-order valence-corrected chi connectivity index (χ1v) is 8.01. The van der Waals surface area contributed by atoms with Gasteiger partial charge in [-0.05, 0) is 64.5 Å². The van der Waals surface area contributed by atoms with Crippen molar-refractivity contribution in [3.63, 3.8) is 0 Å². The Morgan fingerprint density at radius 3 is 2.90 bits per heavy atom. The fraction of sp³-hybridized carbons (Fsp3) is 0.647. The lowest BCUT2D eigenvalue weighted by Gasteiger charge is -2.19. The Bertz CT molecular complexity index is 345. The minimum absolute atomic E-state index is 0.726. The zero-order valence-electron chi connectivity index (χ0n) is 12.8. The summed E-state index contributed by atoms with van der Waals surface area (Å²) in [5.74, 6) is 0. The third kappa shape index (κ3) is 6.04. The average molecular weight is 275 g/mol. The van der Waals surface area contributed by atoms with Crippen LogP contribution in [0.1, 0.15) is 31.2 Å². The van der Waals surface area contributed by atoms with Crippen LogP contribution in [0.25, 0.3) is 0 Å². The van der Waals surface area contributed by atoms with Crippen molar-refractivity contribution in [1.82, 2.24) is 15.5 Å². The second-order valence-electron chi connectivity index (χ2n) is 5.91. The van der Waals surface area contributed by atoms with Crippen LogP contribution in [0.4, 0.5) is 0 Å². The molecule has 0 saturated carbocycles. The molecule has 0 aromatic heterocycles. The summed E-state index contributed by atoms with van der Waals surface area (Å²) in [6, 6.07) is 11.4. The van der Waals surface area contributed by atoms with Crippen LogP contribution >= 0.6 is 0 Å². The Labute approximate surface area is 123 Å². The summed E-state index contributed by atoms with van der Waals surface area (Å²) in [5, 5.41) is 7.18. The quantitative estimate of drug-likeness (QED) is 0.747. The molecule has 2 N–H and O–H groups in total. The van der Waals surface area contributed by atoms with Gasteiger partial charge in [-0.3, -0.25) is 0 Å². The molecule has 0 aliphatic carbocycles. The van der Waals surface area contributed by atoms with Crippen LogP contribution in [0.15, 0.2) is 30.3 Å². The second kappa shape index (κ2) is 9.11. The summed E-state index contributed by atoms with van der Waals surface area (Å²) in [6.45, 7) is 5.72. The Morgan fingerprint density at radius 2 is 2.05 bits per heavy atom. The van der Waals surface area contributed by atoms with Crippen molar-refractivity contribution < 1.29 is 0 Å². The highest BCUT2D eigenvalue weighted by atomic mass is 15.1. The van der Waals surface area contributed by atoms with Gasteiger partial charge in [-0.25, -0.2) is 0 Å². The van der Waals surface area contributed by atoms with Crippen molar-refractivity contribution in [3.8, 4) is 0 Å². The van der Waals surface area contributed by atoms with Gasteiger partial charge < -0.3 is 15.5 Å². The zero-order chi connectivity index (χ0) is 14.0. The van der Waals surface area contributed by atoms with E-state index in [1.54, 1.807) is 0 Å². The molecule has 1 aliphatic rings. The molecule has 1 atom stereocenters. The lowest BCUT2D eigenvalue weighted by atomic mass is 10.1. The van der Waals surface area contributed by atoms with E-state index in [4.69, 9.17) is 0 Å². The van der Waals surface area contributed by atoms with E-state index in [9.17, 15) is 0 Å². The number of rotatable bonds is 7. The SMILES string of the molecule is CN(CCCNC1CCCNCC1)Cc1ccccc1. The molecule has 1 heterocycles. The van der Waals surface area contributed by atoms with E-state index in [0.717, 1.165) is 25.7 Å². The molecule has 1 aromatic rings. The van der Waals surface area contributed by atoms with Crippen LogP contribution in [0.2, 0.25) is 0 Å². The summed E-state index contributed by atoms with van der Waals surface area (Å²) in [4.78, 5) is 2.41. The molecule has 1 saturated heterocycles. The maximum atomic E-state index is 3.71. The summed E-state index contributed by atoms with van der Waals surface area (Å²) < 4.78 is 0. The van der Waals surface area contributed by atoms with E-state index in [1.807, 2.05) is 0 Å². The highest BCUT2D eigenvalue weighted by molar-refractivity contribution is 5.14. The van der Waals surface area contributed by atoms with Crippen LogP contribution < -0.4 is 10.6 Å². The van der Waals surface area contributed by atoms with Gasteiger partial charge in [0, 0.05) is 12.6 Å². The van der Waals surface area contributed by atoms with E-state index in [2.05, 4.69) is 52.9 Å². The molecule has 0 radical (unpaired) electrons. The predicted molar refractivity (Wildman–Crippen MR) is 85.9 cm³/mol. The highest BCUT2D eigenvalue weighted by Gasteiger charge is 2.10. The summed E-state index contributed by atoms with van der Waals surface area (Å²) >= 11 is 0. The number of nitrogens with one attached hydrogen (secondary N) is 2. The molecular weight excluding hydrogens is 246 g/mol. The monoisotopic (exact) mass is 275 g/mol. The lowest BCUT2D eigenvalue weighted by Crippen LogP contribution is -2.32. The van der Waals surface area contributed by atoms with Crippen molar-refractivity contribution in [2.24, 2.45) is 0 Å². The van der Waals surface area contributed by atoms with E-state index >= 15 is 0 Å². The standard InChI is InChI=1S/C17H29N3/c1-20(15-16-7-3-2-4-8-16)14-6-12-19-17-9-5-11-18-13-10-17/h2-4,7-8,17-19H,5-6,9-15H2,1H3. The zero-order valence-corrected chi connectivity index (χ0v) is 12.8. The van der Waals surface area contributed by atoms with Gasteiger partial charge in [-0.1, -0.05) is 30.3 Å². The van der Waals surface area contributed by atoms with Crippen molar-refractivity contribution in [1.29, 1.82) is 0 Å². The van der Waals surface area contributed by atoms with Gasteiger partial charge in [0.2, 0.25) is 0 Å². The molecule has 2 rings (SSSR count). The van der Waals surface area contributed by atoms with Gasteiger partial charge in [-0.15, -0.1) is 0 Å². The molecule has 1 fully saturated rings. The Kier molecular flexibility index (Phi) is 7.06. The van der Waals surface area contributed by atoms with Gasteiger partial charge in [0.25, 0.3) is 0 Å². The molecule has 0 spiro atoms. The van der Waals surface area contributed by atoms with E-state index in [-0.39, 0.29) is 0 Å². The van der Waals surface area contributed by atoms with Crippen LogP contribution in [0, 0.1) is 0 Å². The Hall–Kier alpha value is -0.900. The molecule has 0 amide bonds. The first-order chi connectivity index (χ1) is 9.84. The van der Waals surface area contributed by atoms with Gasteiger partial charge in [0.15, 0.2) is 0 Å². The van der Waals surface area contributed by atoms with E-state index < -0.39 is 0 Å². The Balaban J connectivity index is 1.56. The minimum Gasteiger partial charge on any atom is -0.317 e. The van der Waals surface area contributed by atoms with Gasteiger partial charge in [0.1, 0.15) is 0 Å². The molecule has 1 aromatic carbocycles. The van der Waals surface area contributed by atoms with Gasteiger partial charge in [-0.2, -0.15) is 0 Å². The van der Waals surface area contributed by atoms with Crippen LogP contribution in [-0.4, -0.2) is 44.2 Å². The van der Waals surface area contributed by atoms with Gasteiger partial charge in [0.05, 0.1) is 0 Å². The summed E-state index contributed by atoms with van der Waals surface area (Å²) in [7, 11) is 2.21. The van der Waals surface area contributed by atoms with Crippen LogP contribution in [0.3, 0.4) is 0 Å². The first kappa shape index (κ1) is 15.5. The molecule has 1 unspecified atom stereocenters. The number of hydrogen-bond acceptors (Lipinski definition) is 3. The topological polar surface area (TPSA) is 27.3 Å². The van der Waals surface area contributed by atoms with Crippen molar-refractivity contribution in [3.05, 3.63) is 35.9 Å². The van der Waals surface area contributed by atoms with Crippen LogP contribution in [-0.2, 0) is 6.54 Å². The summed E-state index contributed by atoms with van der Waals surface area (Å²) in [6.07, 6.45) is 5.14. The molecule has 112 valence electrons. The number of hydrogen-bond donors (Lipinski definition) is 2. The maximum Gasteiger partial charge on any atom is 0.0230 e. The maximum absolute atomic E-state index is 3.71. The summed E-state index contributed by atoms with van der Waals surface area (Å²) in [5.41, 5.74) is 1.40. The third-order valence-electron chi connectivity index (χ3n) is 4.02. The highest BCUT2D eigenvalue weighted by Crippen LogP contribution is 2.05. The fourth-order valence-corrected chi connectivity index (χ4v) is 2.85. The van der Waals surface area contributed by atoms with Crippen LogP contribution in [0.5, 0.6) is 0 Å². The normalized spacial score (nSPS) is 20.0. The number of benzene rings is 1. The molecule has 3 heteroatoms. The van der Waals surface area contributed by atoms with Gasteiger partial charge >= 0.3 is 0 Å². The minimum atomic E-state index is 0.726. The molecule has 0 bridgehead atoms. The molecule has 1 aliphatic heterocycles. The molecule has 20 heavy (non-hydrogen) atoms. The average Bonchev–Trinajstić information content (AvgIpc) is 2.73. The molecule has 3 nitrogen and oxygen atoms in total. The second-order valence-corrected chi connectivity index (χ2v) is 5.91. The van der Waals surface area contributed by atoms with Crippen molar-refractivity contribution in [2.75, 3.05) is 33.2 Å². The first-order valence-electron chi connectivity index (χ1n) is 8.01. The largest absolute Gasteiger partial charge is 0.317 e. The fourth-order valence-electron chi connectivity index (χ4n) is 2.85. The molecular formula is C17H29N3. The van der Waals surface area contributed by atoms with Crippen molar-refractivity contribution in [2.45, 2.75) is 38.3 Å². The third-order valence-corrected chi connectivity index (χ3v) is 4.02. The lowest BCUT2D eigenvalue weighted by molar-refractivity contribution is 0.315. The smallest absolute Gasteiger partial charge is 0.0230 e. The van der Waals surface area contributed by atoms with Crippen molar-refractivity contribution >= 4 is 0 Å². The van der Waals surface area contributed by atoms with E-state index in [0.29, 0.717) is 0 Å². The predicted octanol–water partition coefficient (Wildman–Crippen LogP) is 2.24. The van der Waals surface area contributed by atoms with E-state index in [1.165, 1.54) is 44.3 Å². The Morgan fingerprint density at radius 1 is 1.20 bits per heavy atom. The number of nitrogens with zero attached hydrogens (tertiary/aromatic N) is 1.